The maximum atomic E-state index is 11.9. The minimum Gasteiger partial charge on any atom is -0.396 e. The SMILES string of the molecule is Cc1cccnc1CNC(=O)c1nn(C)cc1N. The molecular weight excluding hydrogens is 230 g/mol. The van der Waals surface area contributed by atoms with Crippen molar-refractivity contribution in [2.75, 3.05) is 5.73 Å². The molecule has 6 nitrogen and oxygen atoms in total. The minimum atomic E-state index is -0.293. The average Bonchev–Trinajstić information content (AvgIpc) is 2.67. The summed E-state index contributed by atoms with van der Waals surface area (Å²) in [7, 11) is 1.72. The Bertz CT molecular complexity index is 576. The summed E-state index contributed by atoms with van der Waals surface area (Å²) in [6.07, 6.45) is 3.30. The Morgan fingerprint density at radius 2 is 2.33 bits per heavy atom. The molecule has 0 aliphatic rings. The van der Waals surface area contributed by atoms with E-state index in [1.54, 1.807) is 19.4 Å². The molecule has 94 valence electrons. The van der Waals surface area contributed by atoms with Gasteiger partial charge in [0, 0.05) is 19.4 Å². The zero-order chi connectivity index (χ0) is 13.1. The summed E-state index contributed by atoms with van der Waals surface area (Å²) in [4.78, 5) is 16.1. The van der Waals surface area contributed by atoms with Gasteiger partial charge >= 0.3 is 0 Å². The molecule has 1 amide bonds. The lowest BCUT2D eigenvalue weighted by Crippen LogP contribution is -2.25. The number of hydrogen-bond acceptors (Lipinski definition) is 4. The predicted molar refractivity (Wildman–Crippen MR) is 67.8 cm³/mol. The Labute approximate surface area is 105 Å². The fourth-order valence-electron chi connectivity index (χ4n) is 1.63. The molecular formula is C12H15N5O. The van der Waals surface area contributed by atoms with E-state index in [0.717, 1.165) is 11.3 Å². The van der Waals surface area contributed by atoms with Gasteiger partial charge in [0.15, 0.2) is 5.69 Å². The molecule has 0 fully saturated rings. The molecule has 0 aromatic carbocycles. The molecule has 0 atom stereocenters. The van der Waals surface area contributed by atoms with Crippen molar-refractivity contribution in [2.45, 2.75) is 13.5 Å². The number of carbonyl (C=O) groups excluding carboxylic acids is 1. The van der Waals surface area contributed by atoms with E-state index < -0.39 is 0 Å². The van der Waals surface area contributed by atoms with Gasteiger partial charge in [0.05, 0.1) is 17.9 Å². The van der Waals surface area contributed by atoms with Crippen LogP contribution < -0.4 is 11.1 Å². The highest BCUT2D eigenvalue weighted by molar-refractivity contribution is 5.96. The number of aryl methyl sites for hydroxylation is 2. The smallest absolute Gasteiger partial charge is 0.274 e. The van der Waals surface area contributed by atoms with Gasteiger partial charge in [-0.1, -0.05) is 6.07 Å². The van der Waals surface area contributed by atoms with Crippen molar-refractivity contribution in [3.8, 4) is 0 Å². The summed E-state index contributed by atoms with van der Waals surface area (Å²) in [6.45, 7) is 2.31. The summed E-state index contributed by atoms with van der Waals surface area (Å²) in [5, 5.41) is 6.76. The first-order valence-corrected chi connectivity index (χ1v) is 5.55. The maximum absolute atomic E-state index is 11.9. The number of nitrogens with two attached hydrogens (primary N) is 1. The van der Waals surface area contributed by atoms with E-state index in [0.29, 0.717) is 12.2 Å². The highest BCUT2D eigenvalue weighted by Crippen LogP contribution is 2.08. The van der Waals surface area contributed by atoms with E-state index in [1.165, 1.54) is 4.68 Å². The van der Waals surface area contributed by atoms with Crippen molar-refractivity contribution in [1.29, 1.82) is 0 Å². The number of nitrogens with one attached hydrogen (secondary N) is 1. The molecule has 18 heavy (non-hydrogen) atoms. The van der Waals surface area contributed by atoms with Crippen molar-refractivity contribution in [2.24, 2.45) is 7.05 Å². The largest absolute Gasteiger partial charge is 0.396 e. The van der Waals surface area contributed by atoms with Crippen molar-refractivity contribution >= 4 is 11.6 Å². The molecule has 2 aromatic heterocycles. The van der Waals surface area contributed by atoms with Crippen molar-refractivity contribution in [3.63, 3.8) is 0 Å². The first-order valence-electron chi connectivity index (χ1n) is 5.55. The molecule has 2 aromatic rings. The van der Waals surface area contributed by atoms with Gasteiger partial charge in [-0.05, 0) is 18.6 Å². The number of pyridine rings is 1. The van der Waals surface area contributed by atoms with Gasteiger partial charge in [-0.15, -0.1) is 0 Å². The molecule has 0 bridgehead atoms. The number of amides is 1. The number of nitrogen functional groups attached to an aromatic ring is 1. The summed E-state index contributed by atoms with van der Waals surface area (Å²) >= 11 is 0. The molecule has 6 heteroatoms. The predicted octanol–water partition coefficient (Wildman–Crippen LogP) is 0.636. The Morgan fingerprint density at radius 1 is 1.56 bits per heavy atom. The van der Waals surface area contributed by atoms with E-state index in [2.05, 4.69) is 15.4 Å². The minimum absolute atomic E-state index is 0.242. The van der Waals surface area contributed by atoms with Gasteiger partial charge in [0.2, 0.25) is 0 Å². The third-order valence-corrected chi connectivity index (χ3v) is 2.61. The highest BCUT2D eigenvalue weighted by Gasteiger charge is 2.13. The summed E-state index contributed by atoms with van der Waals surface area (Å²) in [5.41, 5.74) is 8.16. The Hall–Kier alpha value is -2.37. The van der Waals surface area contributed by atoms with Crippen molar-refractivity contribution in [1.82, 2.24) is 20.1 Å². The number of aromatic nitrogens is 3. The lowest BCUT2D eigenvalue weighted by atomic mass is 10.2. The fourth-order valence-corrected chi connectivity index (χ4v) is 1.63. The lowest BCUT2D eigenvalue weighted by molar-refractivity contribution is 0.0945. The van der Waals surface area contributed by atoms with Crippen LogP contribution in [0.2, 0.25) is 0 Å². The topological polar surface area (TPSA) is 85.8 Å². The monoisotopic (exact) mass is 245 g/mol. The van der Waals surface area contributed by atoms with Gasteiger partial charge in [-0.25, -0.2) is 0 Å². The first kappa shape index (κ1) is 12.1. The number of carbonyl (C=O) groups is 1. The molecule has 3 N–H and O–H groups in total. The number of rotatable bonds is 3. The van der Waals surface area contributed by atoms with Gasteiger partial charge < -0.3 is 11.1 Å². The second-order valence-corrected chi connectivity index (χ2v) is 4.06. The molecule has 0 unspecified atom stereocenters. The van der Waals surface area contributed by atoms with E-state index in [1.807, 2.05) is 19.1 Å². The van der Waals surface area contributed by atoms with Crippen LogP contribution in [0.15, 0.2) is 24.5 Å². The van der Waals surface area contributed by atoms with Crippen LogP contribution in [-0.2, 0) is 13.6 Å². The Morgan fingerprint density at radius 3 is 2.94 bits per heavy atom. The Balaban J connectivity index is 2.05. The zero-order valence-electron chi connectivity index (χ0n) is 10.3. The maximum Gasteiger partial charge on any atom is 0.274 e. The molecule has 0 aliphatic carbocycles. The fraction of sp³-hybridized carbons (Fsp3) is 0.250. The van der Waals surface area contributed by atoms with Crippen LogP contribution in [0.25, 0.3) is 0 Å². The molecule has 0 aliphatic heterocycles. The number of hydrogen-bond donors (Lipinski definition) is 2. The molecule has 2 rings (SSSR count). The summed E-state index contributed by atoms with van der Waals surface area (Å²) in [6, 6.07) is 3.81. The first-order chi connectivity index (χ1) is 8.58. The highest BCUT2D eigenvalue weighted by atomic mass is 16.2. The lowest BCUT2D eigenvalue weighted by Gasteiger charge is -2.05. The van der Waals surface area contributed by atoms with Gasteiger partial charge in [-0.2, -0.15) is 5.10 Å². The normalized spacial score (nSPS) is 10.3. The molecule has 0 radical (unpaired) electrons. The standard InChI is InChI=1S/C12H15N5O/c1-8-4-3-5-14-10(8)6-15-12(18)11-9(13)7-17(2)16-11/h3-5,7H,6,13H2,1-2H3,(H,15,18). The van der Waals surface area contributed by atoms with Gasteiger partial charge in [-0.3, -0.25) is 14.5 Å². The van der Waals surface area contributed by atoms with Crippen LogP contribution in [0.5, 0.6) is 0 Å². The zero-order valence-corrected chi connectivity index (χ0v) is 10.3. The third kappa shape index (κ3) is 2.48. The van der Waals surface area contributed by atoms with Crippen LogP contribution in [0.4, 0.5) is 5.69 Å². The van der Waals surface area contributed by atoms with Gasteiger partial charge in [0.25, 0.3) is 5.91 Å². The molecule has 0 saturated heterocycles. The summed E-state index contributed by atoms with van der Waals surface area (Å²) < 4.78 is 1.51. The van der Waals surface area contributed by atoms with Crippen LogP contribution in [0.3, 0.4) is 0 Å². The number of anilines is 1. The van der Waals surface area contributed by atoms with E-state index in [4.69, 9.17) is 5.73 Å². The van der Waals surface area contributed by atoms with E-state index in [-0.39, 0.29) is 11.6 Å². The molecule has 0 spiro atoms. The average molecular weight is 245 g/mol. The van der Waals surface area contributed by atoms with Crippen LogP contribution in [0, 0.1) is 6.92 Å². The molecule has 0 saturated carbocycles. The van der Waals surface area contributed by atoms with E-state index in [9.17, 15) is 4.79 Å². The van der Waals surface area contributed by atoms with Crippen LogP contribution in [0.1, 0.15) is 21.7 Å². The Kier molecular flexibility index (Phi) is 3.27. The second kappa shape index (κ2) is 4.87. The van der Waals surface area contributed by atoms with Crippen LogP contribution in [-0.4, -0.2) is 20.7 Å². The number of nitrogens with zero attached hydrogens (tertiary/aromatic N) is 3. The van der Waals surface area contributed by atoms with Crippen LogP contribution >= 0.6 is 0 Å². The second-order valence-electron chi connectivity index (χ2n) is 4.06. The van der Waals surface area contributed by atoms with Crippen molar-refractivity contribution < 1.29 is 4.79 Å². The summed E-state index contributed by atoms with van der Waals surface area (Å²) in [5.74, 6) is -0.293. The van der Waals surface area contributed by atoms with Crippen molar-refractivity contribution in [3.05, 3.63) is 41.5 Å². The van der Waals surface area contributed by atoms with E-state index >= 15 is 0 Å². The quantitative estimate of drug-likeness (QED) is 0.830. The molecule has 2 heterocycles. The third-order valence-electron chi connectivity index (χ3n) is 2.61. The van der Waals surface area contributed by atoms with Gasteiger partial charge in [0.1, 0.15) is 0 Å².